The molecule has 1 fully saturated rings. The summed E-state index contributed by atoms with van der Waals surface area (Å²) in [5.74, 6) is -2.79. The molecule has 0 bridgehead atoms. The molecule has 35 heavy (non-hydrogen) atoms. The number of carbonyl (C=O) groups excluding carboxylic acids is 2. The summed E-state index contributed by atoms with van der Waals surface area (Å²) in [4.78, 5) is 42.8. The average Bonchev–Trinajstić information content (AvgIpc) is 3.37. The van der Waals surface area contributed by atoms with Crippen LogP contribution in [-0.4, -0.2) is 26.7 Å². The van der Waals surface area contributed by atoms with Crippen LogP contribution in [0.25, 0.3) is 16.0 Å². The van der Waals surface area contributed by atoms with Crippen molar-refractivity contribution in [3.05, 3.63) is 105 Å². The fraction of sp³-hybridized carbons (Fsp3) is 0.0800. The quantitative estimate of drug-likeness (QED) is 0.137. The first kappa shape index (κ1) is 22.4. The molecule has 174 valence electrons. The largest absolute Gasteiger partial charge is 0.507 e. The van der Waals surface area contributed by atoms with E-state index in [-0.39, 0.29) is 22.0 Å². The van der Waals surface area contributed by atoms with Gasteiger partial charge in [-0.1, -0.05) is 53.3 Å². The Labute approximate surface area is 201 Å². The number of ketones is 1. The molecule has 8 nitrogen and oxygen atoms in total. The number of hydrogen-bond donors (Lipinski definition) is 1. The van der Waals surface area contributed by atoms with E-state index in [2.05, 4.69) is 4.98 Å². The van der Waals surface area contributed by atoms with Crippen LogP contribution in [0.1, 0.15) is 22.7 Å². The van der Waals surface area contributed by atoms with E-state index in [9.17, 15) is 29.2 Å². The number of halogens is 1. The van der Waals surface area contributed by atoms with Crippen molar-refractivity contribution in [3.63, 3.8) is 0 Å². The van der Waals surface area contributed by atoms with Gasteiger partial charge in [0.2, 0.25) is 0 Å². The standard InChI is InChI=1S/C25H16FN3O5S/c1-13-5-7-14(8-6-13)22(30)20-21(15-3-2-4-17(11-15)29(33)34)28(24(32)23(20)31)25-27-18-10-9-16(26)12-19(18)35-25/h2-12,21,30H,1H3/b22-20+. The van der Waals surface area contributed by atoms with Crippen LogP contribution in [0.3, 0.4) is 0 Å². The van der Waals surface area contributed by atoms with E-state index in [0.29, 0.717) is 15.8 Å². The highest BCUT2D eigenvalue weighted by atomic mass is 32.1. The van der Waals surface area contributed by atoms with Crippen molar-refractivity contribution in [3.8, 4) is 0 Å². The van der Waals surface area contributed by atoms with Crippen LogP contribution in [-0.2, 0) is 9.59 Å². The molecule has 0 saturated carbocycles. The van der Waals surface area contributed by atoms with Crippen molar-refractivity contribution in [2.24, 2.45) is 0 Å². The van der Waals surface area contributed by atoms with Crippen LogP contribution in [0.4, 0.5) is 15.2 Å². The van der Waals surface area contributed by atoms with Crippen LogP contribution in [0, 0.1) is 22.9 Å². The SMILES string of the molecule is Cc1ccc(/C(O)=C2\C(=O)C(=O)N(c3nc4ccc(F)cc4s3)C2c2cccc([N+](=O)[O-])c2)cc1. The maximum atomic E-state index is 13.7. The number of aliphatic hydroxyl groups excluding tert-OH is 1. The predicted octanol–water partition coefficient (Wildman–Crippen LogP) is 5.28. The van der Waals surface area contributed by atoms with E-state index in [4.69, 9.17) is 0 Å². The molecule has 1 amide bonds. The molecule has 0 spiro atoms. The summed E-state index contributed by atoms with van der Waals surface area (Å²) in [5.41, 5.74) is 1.45. The Morgan fingerprint density at radius 3 is 2.57 bits per heavy atom. The number of aromatic nitrogens is 1. The Bertz CT molecular complexity index is 1560. The minimum absolute atomic E-state index is 0.104. The number of non-ortho nitro benzene ring substituents is 1. The minimum atomic E-state index is -1.18. The number of nitrogens with zero attached hydrogens (tertiary/aromatic N) is 3. The molecule has 5 rings (SSSR count). The van der Waals surface area contributed by atoms with Crippen molar-refractivity contribution in [1.82, 2.24) is 4.98 Å². The van der Waals surface area contributed by atoms with Gasteiger partial charge in [-0.3, -0.25) is 24.6 Å². The van der Waals surface area contributed by atoms with Crippen LogP contribution in [0.5, 0.6) is 0 Å². The fourth-order valence-corrected chi connectivity index (χ4v) is 5.03. The first-order valence-corrected chi connectivity index (χ1v) is 11.2. The number of Topliss-reactive ketones (excluding diaryl/α,β-unsaturated/α-hetero) is 1. The molecule has 1 saturated heterocycles. The number of nitro groups is 1. The Balaban J connectivity index is 1.75. The highest BCUT2D eigenvalue weighted by Crippen LogP contribution is 2.44. The van der Waals surface area contributed by atoms with Crippen molar-refractivity contribution >= 4 is 49.8 Å². The van der Waals surface area contributed by atoms with Gasteiger partial charge < -0.3 is 5.11 Å². The number of benzene rings is 3. The second-order valence-electron chi connectivity index (χ2n) is 8.00. The molecule has 0 aliphatic carbocycles. The molecule has 2 heterocycles. The summed E-state index contributed by atoms with van der Waals surface area (Å²) < 4.78 is 14.2. The molecule has 1 aliphatic heterocycles. The summed E-state index contributed by atoms with van der Waals surface area (Å²) in [7, 11) is 0. The molecule has 3 aromatic carbocycles. The number of anilines is 1. The van der Waals surface area contributed by atoms with Crippen LogP contribution in [0.2, 0.25) is 0 Å². The fourth-order valence-electron chi connectivity index (χ4n) is 4.01. The topological polar surface area (TPSA) is 114 Å². The van der Waals surface area contributed by atoms with E-state index in [0.717, 1.165) is 21.8 Å². The molecule has 1 aromatic heterocycles. The normalized spacial score (nSPS) is 17.3. The maximum absolute atomic E-state index is 13.7. The Hall–Kier alpha value is -4.44. The molecule has 1 N–H and O–H groups in total. The summed E-state index contributed by atoms with van der Waals surface area (Å²) in [5, 5.41) is 22.7. The van der Waals surface area contributed by atoms with E-state index < -0.39 is 34.2 Å². The number of carbonyl (C=O) groups is 2. The van der Waals surface area contributed by atoms with Gasteiger partial charge in [-0.15, -0.1) is 0 Å². The molecule has 1 atom stereocenters. The van der Waals surface area contributed by atoms with Gasteiger partial charge in [-0.25, -0.2) is 9.37 Å². The first-order valence-electron chi connectivity index (χ1n) is 10.4. The van der Waals surface area contributed by atoms with E-state index in [1.807, 2.05) is 6.92 Å². The van der Waals surface area contributed by atoms with Crippen molar-refractivity contribution in [2.45, 2.75) is 13.0 Å². The molecular formula is C25H16FN3O5S. The number of thiazole rings is 1. The average molecular weight is 489 g/mol. The summed E-state index contributed by atoms with van der Waals surface area (Å²) >= 11 is 0.999. The zero-order valence-electron chi connectivity index (χ0n) is 18.1. The van der Waals surface area contributed by atoms with Crippen molar-refractivity contribution in [1.29, 1.82) is 0 Å². The predicted molar refractivity (Wildman–Crippen MR) is 129 cm³/mol. The molecule has 10 heteroatoms. The number of hydrogen-bond acceptors (Lipinski definition) is 7. The van der Waals surface area contributed by atoms with E-state index >= 15 is 0 Å². The van der Waals surface area contributed by atoms with Gasteiger partial charge in [0.25, 0.3) is 11.5 Å². The number of aryl methyl sites for hydroxylation is 1. The number of nitro benzene ring substituents is 1. The van der Waals surface area contributed by atoms with Crippen molar-refractivity contribution in [2.75, 3.05) is 4.90 Å². The Morgan fingerprint density at radius 2 is 1.86 bits per heavy atom. The number of rotatable bonds is 4. The number of fused-ring (bicyclic) bond motifs is 1. The minimum Gasteiger partial charge on any atom is -0.507 e. The number of aliphatic hydroxyl groups is 1. The highest BCUT2D eigenvalue weighted by molar-refractivity contribution is 7.22. The van der Waals surface area contributed by atoms with Gasteiger partial charge in [0.1, 0.15) is 11.6 Å². The lowest BCUT2D eigenvalue weighted by atomic mass is 9.95. The second-order valence-corrected chi connectivity index (χ2v) is 9.00. The third-order valence-electron chi connectivity index (χ3n) is 5.71. The molecule has 1 aliphatic rings. The first-order chi connectivity index (χ1) is 16.7. The molecular weight excluding hydrogens is 473 g/mol. The van der Waals surface area contributed by atoms with E-state index in [1.54, 1.807) is 24.3 Å². The van der Waals surface area contributed by atoms with E-state index in [1.165, 1.54) is 42.5 Å². The summed E-state index contributed by atoms with van der Waals surface area (Å²) in [6.07, 6.45) is 0. The van der Waals surface area contributed by atoms with Gasteiger partial charge in [0, 0.05) is 17.7 Å². The van der Waals surface area contributed by atoms with Crippen LogP contribution < -0.4 is 4.90 Å². The summed E-state index contributed by atoms with van der Waals surface area (Å²) in [6, 6.07) is 15.0. The second kappa shape index (κ2) is 8.41. The smallest absolute Gasteiger partial charge is 0.301 e. The van der Waals surface area contributed by atoms with Gasteiger partial charge in [-0.2, -0.15) is 0 Å². The van der Waals surface area contributed by atoms with Gasteiger partial charge >= 0.3 is 5.91 Å². The van der Waals surface area contributed by atoms with Gasteiger partial charge in [-0.05, 0) is 30.7 Å². The zero-order chi connectivity index (χ0) is 24.9. The molecule has 1 unspecified atom stereocenters. The maximum Gasteiger partial charge on any atom is 0.301 e. The lowest BCUT2D eigenvalue weighted by Crippen LogP contribution is -2.29. The summed E-state index contributed by atoms with van der Waals surface area (Å²) in [6.45, 7) is 1.86. The van der Waals surface area contributed by atoms with Crippen LogP contribution in [0.15, 0.2) is 72.3 Å². The third kappa shape index (κ3) is 3.83. The van der Waals surface area contributed by atoms with Gasteiger partial charge in [0.05, 0.1) is 26.8 Å². The Kier molecular flexibility index (Phi) is 5.37. The third-order valence-corrected chi connectivity index (χ3v) is 6.73. The lowest BCUT2D eigenvalue weighted by Gasteiger charge is -2.22. The van der Waals surface area contributed by atoms with Gasteiger partial charge in [0.15, 0.2) is 5.13 Å². The molecule has 4 aromatic rings. The monoisotopic (exact) mass is 489 g/mol. The lowest BCUT2D eigenvalue weighted by molar-refractivity contribution is -0.384. The van der Waals surface area contributed by atoms with Crippen LogP contribution >= 0.6 is 11.3 Å². The Morgan fingerprint density at radius 1 is 1.11 bits per heavy atom. The van der Waals surface area contributed by atoms with Crippen molar-refractivity contribution < 1.29 is 24.0 Å². The highest BCUT2D eigenvalue weighted by Gasteiger charge is 2.48. The molecule has 0 radical (unpaired) electrons. The number of amides is 1. The zero-order valence-corrected chi connectivity index (χ0v) is 19.0.